The Morgan fingerprint density at radius 3 is 2.18 bits per heavy atom. The van der Waals surface area contributed by atoms with E-state index in [1.165, 1.54) is 5.32 Å². The van der Waals surface area contributed by atoms with Crippen LogP contribution in [0.1, 0.15) is 0 Å². The van der Waals surface area contributed by atoms with E-state index < -0.39 is 8.07 Å². The monoisotopic (exact) mass is 250 g/mol. The molecule has 0 saturated carbocycles. The summed E-state index contributed by atoms with van der Waals surface area (Å²) in [7, 11) is 1.86. The van der Waals surface area contributed by atoms with Gasteiger partial charge in [-0.25, -0.2) is 0 Å². The van der Waals surface area contributed by atoms with Gasteiger partial charge in [-0.15, -0.1) is 0 Å². The topological polar surface area (TPSA) is 47.1 Å². The maximum absolute atomic E-state index is 5.43. The molecule has 0 atom stereocenters. The Bertz CT molecular complexity index is 543. The number of hydrogen-bond donors (Lipinski definition) is 1. The number of aromatic nitrogens is 2. The van der Waals surface area contributed by atoms with Crippen LogP contribution in [-0.2, 0) is 0 Å². The molecule has 5 heteroatoms. The quantitative estimate of drug-likeness (QED) is 0.849. The molecule has 2 rings (SSSR count). The van der Waals surface area contributed by atoms with Crippen molar-refractivity contribution in [2.75, 3.05) is 14.2 Å². The van der Waals surface area contributed by atoms with E-state index in [1.807, 2.05) is 12.1 Å². The summed E-state index contributed by atoms with van der Waals surface area (Å²) in [4.78, 5) is 0. The van der Waals surface area contributed by atoms with Crippen LogP contribution in [0.4, 0.5) is 0 Å². The lowest BCUT2D eigenvalue weighted by Crippen LogP contribution is -2.39. The number of hydrogen-bond acceptors (Lipinski definition) is 3. The normalized spacial score (nSPS) is 11.8. The fourth-order valence-corrected chi connectivity index (χ4v) is 3.33. The summed E-state index contributed by atoms with van der Waals surface area (Å²) in [5, 5.41) is 9.78. The van der Waals surface area contributed by atoms with Gasteiger partial charge in [-0.3, -0.25) is 5.10 Å². The number of nitrogens with one attached hydrogen (secondary N) is 1. The van der Waals surface area contributed by atoms with Gasteiger partial charge in [0.15, 0.2) is 0 Å². The Morgan fingerprint density at radius 1 is 1.06 bits per heavy atom. The molecule has 0 spiro atoms. The molecule has 0 aliphatic heterocycles. The van der Waals surface area contributed by atoms with Gasteiger partial charge in [0.1, 0.15) is 25.1 Å². The van der Waals surface area contributed by atoms with Gasteiger partial charge in [-0.1, -0.05) is 19.6 Å². The van der Waals surface area contributed by atoms with Crippen molar-refractivity contribution in [3.63, 3.8) is 0 Å². The summed E-state index contributed by atoms with van der Waals surface area (Å²) >= 11 is 0. The van der Waals surface area contributed by atoms with Gasteiger partial charge in [0.25, 0.3) is 0 Å². The molecule has 1 aromatic heterocycles. The molecule has 4 nitrogen and oxygen atoms in total. The molecule has 1 N–H and O–H groups in total. The molecule has 1 heterocycles. The highest BCUT2D eigenvalue weighted by Gasteiger charge is 2.25. The largest absolute Gasteiger partial charge is 0.496 e. The number of ether oxygens (including phenoxy) is 2. The van der Waals surface area contributed by atoms with E-state index in [0.29, 0.717) is 0 Å². The summed E-state index contributed by atoms with van der Waals surface area (Å²) in [6.07, 6.45) is 0. The molecule has 0 radical (unpaired) electrons. The van der Waals surface area contributed by atoms with E-state index in [-0.39, 0.29) is 0 Å². The molecule has 0 amide bonds. The summed E-state index contributed by atoms with van der Waals surface area (Å²) < 4.78 is 10.8. The third kappa shape index (κ3) is 1.91. The number of benzene rings is 1. The Labute approximate surface area is 102 Å². The van der Waals surface area contributed by atoms with Gasteiger partial charge in [-0.05, 0) is 12.1 Å². The predicted molar refractivity (Wildman–Crippen MR) is 72.2 cm³/mol. The Balaban J connectivity index is 2.81. The fourth-order valence-electron chi connectivity index (χ4n) is 1.95. The zero-order valence-electron chi connectivity index (χ0n) is 10.9. The molecule has 0 bridgehead atoms. The first-order chi connectivity index (χ1) is 7.99. The van der Waals surface area contributed by atoms with Crippen LogP contribution < -0.4 is 14.8 Å². The highest BCUT2D eigenvalue weighted by atomic mass is 28.3. The van der Waals surface area contributed by atoms with E-state index >= 15 is 0 Å². The summed E-state index contributed by atoms with van der Waals surface area (Å²) in [5.74, 6) is 1.63. The van der Waals surface area contributed by atoms with Crippen LogP contribution in [-0.4, -0.2) is 32.5 Å². The number of H-pyrrole nitrogens is 1. The van der Waals surface area contributed by atoms with Crippen molar-refractivity contribution >= 4 is 24.3 Å². The summed E-state index contributed by atoms with van der Waals surface area (Å²) in [6, 6.07) is 3.82. The van der Waals surface area contributed by atoms with E-state index in [0.717, 1.165) is 22.4 Å². The molecule has 17 heavy (non-hydrogen) atoms. The smallest absolute Gasteiger partial charge is 0.147 e. The van der Waals surface area contributed by atoms with Crippen molar-refractivity contribution in [2.24, 2.45) is 0 Å². The van der Waals surface area contributed by atoms with Crippen LogP contribution in [0, 0.1) is 0 Å². The lowest BCUT2D eigenvalue weighted by Gasteiger charge is -2.15. The molecule has 0 aliphatic rings. The number of methoxy groups -OCH3 is 2. The second-order valence-electron chi connectivity index (χ2n) is 5.04. The highest BCUT2D eigenvalue weighted by molar-refractivity contribution is 6.89. The second kappa shape index (κ2) is 4.07. The lowest BCUT2D eigenvalue weighted by atomic mass is 10.2. The first-order valence-corrected chi connectivity index (χ1v) is 9.08. The van der Waals surface area contributed by atoms with E-state index in [1.54, 1.807) is 14.2 Å². The molecule has 1 aromatic carbocycles. The van der Waals surface area contributed by atoms with Crippen molar-refractivity contribution in [1.29, 1.82) is 0 Å². The SMILES string of the molecule is COc1ccc(OC)c2c([Si](C)(C)C)[nH]nc12. The Kier molecular flexibility index (Phi) is 2.87. The van der Waals surface area contributed by atoms with Gasteiger partial charge in [0, 0.05) is 5.32 Å². The fraction of sp³-hybridized carbons (Fsp3) is 0.417. The van der Waals surface area contributed by atoms with Crippen molar-refractivity contribution in [1.82, 2.24) is 10.2 Å². The Morgan fingerprint density at radius 2 is 1.65 bits per heavy atom. The average Bonchev–Trinajstić information content (AvgIpc) is 2.71. The average molecular weight is 250 g/mol. The van der Waals surface area contributed by atoms with Crippen LogP contribution in [0.15, 0.2) is 12.1 Å². The van der Waals surface area contributed by atoms with Crippen molar-refractivity contribution in [2.45, 2.75) is 19.6 Å². The van der Waals surface area contributed by atoms with E-state index in [4.69, 9.17) is 9.47 Å². The molecule has 0 aliphatic carbocycles. The summed E-state index contributed by atoms with van der Waals surface area (Å²) in [5.41, 5.74) is 0.851. The second-order valence-corrected chi connectivity index (χ2v) is 10.0. The third-order valence-corrected chi connectivity index (χ3v) is 4.68. The van der Waals surface area contributed by atoms with Crippen LogP contribution in [0.3, 0.4) is 0 Å². The van der Waals surface area contributed by atoms with Crippen LogP contribution in [0.2, 0.25) is 19.6 Å². The van der Waals surface area contributed by atoms with Gasteiger partial charge in [0.2, 0.25) is 0 Å². The first kappa shape index (κ1) is 12.0. The highest BCUT2D eigenvalue weighted by Crippen LogP contribution is 2.31. The zero-order chi connectivity index (χ0) is 12.6. The first-order valence-electron chi connectivity index (χ1n) is 5.58. The minimum atomic E-state index is -1.48. The van der Waals surface area contributed by atoms with Crippen LogP contribution >= 0.6 is 0 Å². The maximum Gasteiger partial charge on any atom is 0.147 e. The molecule has 0 saturated heterocycles. The minimum Gasteiger partial charge on any atom is -0.496 e. The van der Waals surface area contributed by atoms with Crippen molar-refractivity contribution in [3.8, 4) is 11.5 Å². The minimum absolute atomic E-state index is 0.779. The molecule has 0 unspecified atom stereocenters. The van der Waals surface area contributed by atoms with E-state index in [9.17, 15) is 0 Å². The van der Waals surface area contributed by atoms with Gasteiger partial charge in [-0.2, -0.15) is 5.10 Å². The number of fused-ring (bicyclic) bond motifs is 1. The third-order valence-electron chi connectivity index (χ3n) is 2.82. The lowest BCUT2D eigenvalue weighted by molar-refractivity contribution is 0.410. The van der Waals surface area contributed by atoms with Gasteiger partial charge < -0.3 is 9.47 Å². The number of aromatic amines is 1. The molecule has 92 valence electrons. The standard InChI is InChI=1S/C12H18N2O2Si/c1-15-8-6-7-9(16-2)11-10(8)12(14-13-11)17(3,4)5/h6-7H,1-5H3,(H,13,14). The molecule has 0 fully saturated rings. The van der Waals surface area contributed by atoms with Crippen molar-refractivity contribution < 1.29 is 9.47 Å². The Hall–Kier alpha value is -1.49. The van der Waals surface area contributed by atoms with Crippen molar-refractivity contribution in [3.05, 3.63) is 12.1 Å². The zero-order valence-corrected chi connectivity index (χ0v) is 11.9. The number of rotatable bonds is 3. The number of nitrogens with zero attached hydrogens (tertiary/aromatic N) is 1. The molecular weight excluding hydrogens is 232 g/mol. The van der Waals surface area contributed by atoms with Crippen LogP contribution in [0.5, 0.6) is 11.5 Å². The predicted octanol–water partition coefficient (Wildman–Crippen LogP) is 2.13. The van der Waals surface area contributed by atoms with Gasteiger partial charge >= 0.3 is 0 Å². The van der Waals surface area contributed by atoms with Gasteiger partial charge in [0.05, 0.1) is 19.6 Å². The summed E-state index contributed by atoms with van der Waals surface area (Å²) in [6.45, 7) is 6.83. The maximum atomic E-state index is 5.43. The molecular formula is C12H18N2O2Si. The van der Waals surface area contributed by atoms with E-state index in [2.05, 4.69) is 29.8 Å². The van der Waals surface area contributed by atoms with Crippen LogP contribution in [0.25, 0.3) is 10.9 Å². The molecule has 2 aromatic rings.